The fourth-order valence-corrected chi connectivity index (χ4v) is 3.32. The van der Waals surface area contributed by atoms with Crippen molar-refractivity contribution in [2.45, 2.75) is 0 Å². The second-order valence-electron chi connectivity index (χ2n) is 6.32. The van der Waals surface area contributed by atoms with Crippen molar-refractivity contribution in [2.24, 2.45) is 0 Å². The summed E-state index contributed by atoms with van der Waals surface area (Å²) in [6.45, 7) is 3.38. The van der Waals surface area contributed by atoms with Gasteiger partial charge in [0.05, 0.1) is 0 Å². The molecule has 1 aliphatic heterocycles. The van der Waals surface area contributed by atoms with Crippen LogP contribution in [0, 0.1) is 5.82 Å². The molecule has 0 atom stereocenters. The Morgan fingerprint density at radius 3 is 2.41 bits per heavy atom. The largest absolute Gasteiger partial charge is 0.368 e. The molecule has 2 heterocycles. The van der Waals surface area contributed by atoms with Crippen molar-refractivity contribution in [2.75, 3.05) is 41.3 Å². The van der Waals surface area contributed by atoms with Crippen LogP contribution in [0.25, 0.3) is 0 Å². The number of hydrogen-bond acceptors (Lipinski definition) is 5. The summed E-state index contributed by atoms with van der Waals surface area (Å²) in [5, 5.41) is 3.85. The topological polar surface area (TPSA) is 44.3 Å². The maximum atomic E-state index is 13.1. The Morgan fingerprint density at radius 2 is 1.67 bits per heavy atom. The van der Waals surface area contributed by atoms with Crippen LogP contribution in [0.1, 0.15) is 0 Å². The molecule has 27 heavy (non-hydrogen) atoms. The Kier molecular flexibility index (Phi) is 5.07. The molecular weight excluding hydrogens is 365 g/mol. The molecule has 7 heteroatoms. The average molecular weight is 384 g/mol. The SMILES string of the molecule is Fc1ccc(N2CCN(c3ccnc(Nc4cccc(Cl)c4)n3)CC2)cc1. The zero-order valence-electron chi connectivity index (χ0n) is 14.6. The Hall–Kier alpha value is -2.86. The minimum atomic E-state index is -0.210. The van der Waals surface area contributed by atoms with Gasteiger partial charge in [-0.05, 0) is 48.5 Å². The summed E-state index contributed by atoms with van der Waals surface area (Å²) in [5.74, 6) is 1.21. The number of nitrogens with zero attached hydrogens (tertiary/aromatic N) is 4. The van der Waals surface area contributed by atoms with Gasteiger partial charge in [-0.1, -0.05) is 17.7 Å². The number of benzene rings is 2. The lowest BCUT2D eigenvalue weighted by Crippen LogP contribution is -2.46. The third-order valence-corrected chi connectivity index (χ3v) is 4.75. The number of halogens is 2. The van der Waals surface area contributed by atoms with Crippen LogP contribution >= 0.6 is 11.6 Å². The number of hydrogen-bond donors (Lipinski definition) is 1. The predicted molar refractivity (Wildman–Crippen MR) is 108 cm³/mol. The molecule has 0 bridgehead atoms. The molecule has 5 nitrogen and oxygen atoms in total. The van der Waals surface area contributed by atoms with Gasteiger partial charge in [0.15, 0.2) is 0 Å². The standard InChI is InChI=1S/C20H19ClFN5/c21-15-2-1-3-17(14-15)24-20-23-9-8-19(25-20)27-12-10-26(11-13-27)18-6-4-16(22)5-7-18/h1-9,14H,10-13H2,(H,23,24,25). The van der Waals surface area contributed by atoms with Gasteiger partial charge in [-0.25, -0.2) is 9.37 Å². The zero-order chi connectivity index (χ0) is 18.6. The first-order chi connectivity index (χ1) is 13.2. The molecule has 0 saturated carbocycles. The normalized spacial score (nSPS) is 14.3. The molecule has 0 unspecified atom stereocenters. The summed E-state index contributed by atoms with van der Waals surface area (Å²) < 4.78 is 13.1. The first-order valence-corrected chi connectivity index (χ1v) is 9.16. The third-order valence-electron chi connectivity index (χ3n) is 4.52. The van der Waals surface area contributed by atoms with Gasteiger partial charge in [0.1, 0.15) is 11.6 Å². The smallest absolute Gasteiger partial charge is 0.229 e. The number of nitrogens with one attached hydrogen (secondary N) is 1. The third kappa shape index (κ3) is 4.28. The lowest BCUT2D eigenvalue weighted by atomic mass is 10.2. The van der Waals surface area contributed by atoms with Gasteiger partial charge in [0.2, 0.25) is 5.95 Å². The van der Waals surface area contributed by atoms with E-state index in [9.17, 15) is 4.39 Å². The monoisotopic (exact) mass is 383 g/mol. The van der Waals surface area contributed by atoms with Crippen LogP contribution < -0.4 is 15.1 Å². The fourth-order valence-electron chi connectivity index (χ4n) is 3.13. The van der Waals surface area contributed by atoms with Gasteiger partial charge in [0, 0.05) is 48.8 Å². The van der Waals surface area contributed by atoms with Gasteiger partial charge in [-0.15, -0.1) is 0 Å². The minimum absolute atomic E-state index is 0.210. The lowest BCUT2D eigenvalue weighted by molar-refractivity contribution is 0.624. The van der Waals surface area contributed by atoms with Crippen molar-refractivity contribution in [1.29, 1.82) is 0 Å². The summed E-state index contributed by atoms with van der Waals surface area (Å²) in [5.41, 5.74) is 1.89. The Balaban J connectivity index is 1.42. The fraction of sp³-hybridized carbons (Fsp3) is 0.200. The van der Waals surface area contributed by atoms with Crippen LogP contribution in [0.3, 0.4) is 0 Å². The van der Waals surface area contributed by atoms with E-state index in [2.05, 4.69) is 25.1 Å². The first-order valence-electron chi connectivity index (χ1n) is 8.78. The van der Waals surface area contributed by atoms with Crippen molar-refractivity contribution in [3.63, 3.8) is 0 Å². The van der Waals surface area contributed by atoms with E-state index in [1.54, 1.807) is 6.20 Å². The molecule has 0 spiro atoms. The molecule has 1 fully saturated rings. The summed E-state index contributed by atoms with van der Waals surface area (Å²) >= 11 is 6.02. The van der Waals surface area contributed by atoms with Gasteiger partial charge in [-0.3, -0.25) is 0 Å². The Labute approximate surface area is 162 Å². The van der Waals surface area contributed by atoms with Crippen LogP contribution in [-0.4, -0.2) is 36.1 Å². The maximum Gasteiger partial charge on any atom is 0.229 e. The van der Waals surface area contributed by atoms with Gasteiger partial charge in [-0.2, -0.15) is 4.98 Å². The number of piperazine rings is 1. The van der Waals surface area contributed by atoms with Crippen molar-refractivity contribution >= 4 is 34.7 Å². The molecule has 1 aliphatic rings. The van der Waals surface area contributed by atoms with Crippen LogP contribution in [0.2, 0.25) is 5.02 Å². The van der Waals surface area contributed by atoms with Crippen LogP contribution in [0.4, 0.5) is 27.5 Å². The summed E-state index contributed by atoms with van der Waals surface area (Å²) in [6.07, 6.45) is 1.75. The van der Waals surface area contributed by atoms with Crippen molar-refractivity contribution in [3.8, 4) is 0 Å². The van der Waals surface area contributed by atoms with Crippen molar-refractivity contribution in [3.05, 3.63) is 71.6 Å². The van der Waals surface area contributed by atoms with Gasteiger partial charge in [0.25, 0.3) is 0 Å². The Morgan fingerprint density at radius 1 is 0.926 bits per heavy atom. The molecule has 1 aromatic heterocycles. The lowest BCUT2D eigenvalue weighted by Gasteiger charge is -2.36. The summed E-state index contributed by atoms with van der Waals surface area (Å²) in [6, 6.07) is 16.0. The van der Waals surface area contributed by atoms with Crippen LogP contribution in [0.5, 0.6) is 0 Å². The van der Waals surface area contributed by atoms with E-state index in [0.717, 1.165) is 43.4 Å². The number of aromatic nitrogens is 2. The van der Waals surface area contributed by atoms with E-state index in [1.807, 2.05) is 42.5 Å². The Bertz CT molecular complexity index is 910. The molecule has 1 saturated heterocycles. The molecule has 0 aliphatic carbocycles. The summed E-state index contributed by atoms with van der Waals surface area (Å²) in [7, 11) is 0. The van der Waals surface area contributed by atoms with Crippen LogP contribution in [-0.2, 0) is 0 Å². The molecule has 4 rings (SSSR count). The van der Waals surface area contributed by atoms with Gasteiger partial charge >= 0.3 is 0 Å². The second-order valence-corrected chi connectivity index (χ2v) is 6.76. The number of anilines is 4. The molecular formula is C20H19ClFN5. The van der Waals surface area contributed by atoms with Crippen molar-refractivity contribution < 1.29 is 4.39 Å². The van der Waals surface area contributed by atoms with E-state index >= 15 is 0 Å². The van der Waals surface area contributed by atoms with Gasteiger partial charge < -0.3 is 15.1 Å². The summed E-state index contributed by atoms with van der Waals surface area (Å²) in [4.78, 5) is 13.4. The second kappa shape index (κ2) is 7.80. The maximum absolute atomic E-state index is 13.1. The highest BCUT2D eigenvalue weighted by molar-refractivity contribution is 6.30. The zero-order valence-corrected chi connectivity index (χ0v) is 15.4. The molecule has 3 aromatic rings. The van der Waals surface area contributed by atoms with E-state index in [0.29, 0.717) is 11.0 Å². The molecule has 0 radical (unpaired) electrons. The highest BCUT2D eigenvalue weighted by Crippen LogP contribution is 2.22. The molecule has 2 aromatic carbocycles. The van der Waals surface area contributed by atoms with E-state index in [1.165, 1.54) is 12.1 Å². The van der Waals surface area contributed by atoms with E-state index in [4.69, 9.17) is 11.6 Å². The van der Waals surface area contributed by atoms with Crippen molar-refractivity contribution in [1.82, 2.24) is 9.97 Å². The molecule has 138 valence electrons. The molecule has 0 amide bonds. The quantitative estimate of drug-likeness (QED) is 0.726. The van der Waals surface area contributed by atoms with Crippen LogP contribution in [0.15, 0.2) is 60.8 Å². The molecule has 1 N–H and O–H groups in total. The highest BCUT2D eigenvalue weighted by atomic mass is 35.5. The van der Waals surface area contributed by atoms with E-state index < -0.39 is 0 Å². The minimum Gasteiger partial charge on any atom is -0.368 e. The first kappa shape index (κ1) is 17.5. The predicted octanol–water partition coefficient (Wildman–Crippen LogP) is 4.34. The van der Waals surface area contributed by atoms with E-state index in [-0.39, 0.29) is 5.82 Å². The number of rotatable bonds is 4. The highest BCUT2D eigenvalue weighted by Gasteiger charge is 2.18. The average Bonchev–Trinajstić information content (AvgIpc) is 2.69.